The van der Waals surface area contributed by atoms with Crippen molar-refractivity contribution >= 4 is 34.3 Å². The van der Waals surface area contributed by atoms with E-state index in [1.807, 2.05) is 18.7 Å². The van der Waals surface area contributed by atoms with Crippen LogP contribution in [0.5, 0.6) is 0 Å². The molecule has 16 heavy (non-hydrogen) atoms. The maximum Gasteiger partial charge on any atom is 0.316 e. The Morgan fingerprint density at radius 1 is 1.62 bits per heavy atom. The molecule has 0 spiro atoms. The van der Waals surface area contributed by atoms with E-state index in [1.165, 1.54) is 11.8 Å². The average molecular weight is 263 g/mol. The van der Waals surface area contributed by atoms with E-state index in [2.05, 4.69) is 0 Å². The molecule has 6 heteroatoms. The van der Waals surface area contributed by atoms with Crippen LogP contribution in [-0.2, 0) is 14.3 Å². The molecule has 1 heterocycles. The van der Waals surface area contributed by atoms with Gasteiger partial charge in [-0.3, -0.25) is 4.79 Å². The smallest absolute Gasteiger partial charge is 0.316 e. The van der Waals surface area contributed by atoms with Gasteiger partial charge in [0.15, 0.2) is 0 Å². The highest BCUT2D eigenvalue weighted by Gasteiger charge is 2.34. The van der Waals surface area contributed by atoms with Gasteiger partial charge in [0, 0.05) is 6.54 Å². The molecular weight excluding hydrogens is 246 g/mol. The topological polar surface area (TPSA) is 38.8 Å². The van der Waals surface area contributed by atoms with Gasteiger partial charge in [0.25, 0.3) is 0 Å². The second-order valence-corrected chi connectivity index (χ2v) is 5.42. The summed E-state index contributed by atoms with van der Waals surface area (Å²) >= 11 is 6.59. The lowest BCUT2D eigenvalue weighted by molar-refractivity contribution is -0.139. The Balaban J connectivity index is 2.38. The van der Waals surface area contributed by atoms with Gasteiger partial charge in [0.1, 0.15) is 10.0 Å². The third-order valence-corrected chi connectivity index (χ3v) is 3.68. The normalized spacial score (nSPS) is 18.6. The SMILES string of the molecule is CCOC(=O)CSC(=S)N1CCOC1(C)C. The molecule has 1 rings (SSSR count). The highest BCUT2D eigenvalue weighted by Crippen LogP contribution is 2.26. The zero-order chi connectivity index (χ0) is 12.2. The van der Waals surface area contributed by atoms with Crippen LogP contribution in [0.15, 0.2) is 0 Å². The van der Waals surface area contributed by atoms with E-state index in [0.717, 1.165) is 6.54 Å². The van der Waals surface area contributed by atoms with E-state index in [0.29, 0.717) is 17.5 Å². The lowest BCUT2D eigenvalue weighted by Crippen LogP contribution is -2.41. The first-order valence-corrected chi connectivity index (χ1v) is 6.60. The van der Waals surface area contributed by atoms with Gasteiger partial charge in [-0.05, 0) is 20.8 Å². The Bertz CT molecular complexity index is 281. The summed E-state index contributed by atoms with van der Waals surface area (Å²) in [4.78, 5) is 13.2. The minimum absolute atomic E-state index is 0.229. The predicted molar refractivity (Wildman–Crippen MR) is 68.4 cm³/mol. The summed E-state index contributed by atoms with van der Waals surface area (Å²) in [6.07, 6.45) is 0. The van der Waals surface area contributed by atoms with E-state index in [1.54, 1.807) is 6.92 Å². The van der Waals surface area contributed by atoms with Crippen molar-refractivity contribution in [1.29, 1.82) is 0 Å². The van der Waals surface area contributed by atoms with Gasteiger partial charge in [0.05, 0.1) is 19.0 Å². The van der Waals surface area contributed by atoms with Crippen molar-refractivity contribution in [2.24, 2.45) is 0 Å². The maximum atomic E-state index is 11.2. The van der Waals surface area contributed by atoms with Crippen molar-refractivity contribution in [3.05, 3.63) is 0 Å². The van der Waals surface area contributed by atoms with E-state index >= 15 is 0 Å². The minimum Gasteiger partial charge on any atom is -0.465 e. The van der Waals surface area contributed by atoms with Crippen molar-refractivity contribution in [1.82, 2.24) is 4.90 Å². The van der Waals surface area contributed by atoms with Crippen molar-refractivity contribution in [3.8, 4) is 0 Å². The van der Waals surface area contributed by atoms with Gasteiger partial charge in [-0.15, -0.1) is 0 Å². The zero-order valence-electron chi connectivity index (χ0n) is 9.82. The highest BCUT2D eigenvalue weighted by atomic mass is 32.2. The molecule has 0 aromatic rings. The number of hydrogen-bond donors (Lipinski definition) is 0. The van der Waals surface area contributed by atoms with E-state index in [-0.39, 0.29) is 17.4 Å². The Hall–Kier alpha value is -0.330. The number of esters is 1. The summed E-state index contributed by atoms with van der Waals surface area (Å²) in [5.41, 5.74) is -0.362. The van der Waals surface area contributed by atoms with Gasteiger partial charge in [-0.1, -0.05) is 24.0 Å². The molecule has 0 atom stereocenters. The van der Waals surface area contributed by atoms with Crippen molar-refractivity contribution in [2.75, 3.05) is 25.5 Å². The van der Waals surface area contributed by atoms with Crippen molar-refractivity contribution < 1.29 is 14.3 Å². The number of thioether (sulfide) groups is 1. The summed E-state index contributed by atoms with van der Waals surface area (Å²) in [5.74, 6) is 0.0342. The summed E-state index contributed by atoms with van der Waals surface area (Å²) in [6.45, 7) is 7.59. The monoisotopic (exact) mass is 263 g/mol. The van der Waals surface area contributed by atoms with Crippen LogP contribution in [0.25, 0.3) is 0 Å². The molecule has 4 nitrogen and oxygen atoms in total. The summed E-state index contributed by atoms with van der Waals surface area (Å²) in [7, 11) is 0. The largest absolute Gasteiger partial charge is 0.465 e. The minimum atomic E-state index is -0.362. The lowest BCUT2D eigenvalue weighted by Gasteiger charge is -2.31. The van der Waals surface area contributed by atoms with Gasteiger partial charge >= 0.3 is 5.97 Å². The molecule has 0 aromatic heterocycles. The first-order valence-electron chi connectivity index (χ1n) is 5.21. The lowest BCUT2D eigenvalue weighted by atomic mass is 10.3. The highest BCUT2D eigenvalue weighted by molar-refractivity contribution is 8.23. The second kappa shape index (κ2) is 5.84. The van der Waals surface area contributed by atoms with E-state index < -0.39 is 0 Å². The number of rotatable bonds is 3. The maximum absolute atomic E-state index is 11.2. The van der Waals surface area contributed by atoms with E-state index in [9.17, 15) is 4.79 Å². The first-order chi connectivity index (χ1) is 7.47. The molecule has 0 amide bonds. The third kappa shape index (κ3) is 3.61. The third-order valence-electron chi connectivity index (χ3n) is 2.26. The summed E-state index contributed by atoms with van der Waals surface area (Å²) in [6, 6.07) is 0. The zero-order valence-corrected chi connectivity index (χ0v) is 11.4. The van der Waals surface area contributed by atoms with Crippen LogP contribution in [0.1, 0.15) is 20.8 Å². The van der Waals surface area contributed by atoms with Crippen LogP contribution < -0.4 is 0 Å². The molecule has 0 aromatic carbocycles. The Morgan fingerprint density at radius 2 is 2.31 bits per heavy atom. The van der Waals surface area contributed by atoms with Crippen molar-refractivity contribution in [2.45, 2.75) is 26.5 Å². The second-order valence-electron chi connectivity index (χ2n) is 3.81. The van der Waals surface area contributed by atoms with E-state index in [4.69, 9.17) is 21.7 Å². The fourth-order valence-corrected chi connectivity index (χ4v) is 2.73. The van der Waals surface area contributed by atoms with Gasteiger partial charge in [0.2, 0.25) is 0 Å². The fourth-order valence-electron chi connectivity index (χ4n) is 1.45. The van der Waals surface area contributed by atoms with Crippen LogP contribution >= 0.6 is 24.0 Å². The van der Waals surface area contributed by atoms with Crippen LogP contribution in [0.3, 0.4) is 0 Å². The molecule has 0 saturated carbocycles. The van der Waals surface area contributed by atoms with Crippen LogP contribution in [0, 0.1) is 0 Å². The Kier molecular flexibility index (Phi) is 5.01. The average Bonchev–Trinajstić information content (AvgIpc) is 2.55. The van der Waals surface area contributed by atoms with Crippen LogP contribution in [-0.4, -0.2) is 46.4 Å². The Morgan fingerprint density at radius 3 is 2.81 bits per heavy atom. The standard InChI is InChI=1S/C10H17NO3S2/c1-4-13-8(12)7-16-9(15)11-5-6-14-10(11,2)3/h4-7H2,1-3H3. The van der Waals surface area contributed by atoms with Gasteiger partial charge in [-0.25, -0.2) is 0 Å². The number of carbonyl (C=O) groups excluding carboxylic acids is 1. The number of nitrogens with zero attached hydrogens (tertiary/aromatic N) is 1. The molecule has 1 aliphatic rings. The predicted octanol–water partition coefficient (Wildman–Crippen LogP) is 1.64. The van der Waals surface area contributed by atoms with Crippen LogP contribution in [0.4, 0.5) is 0 Å². The number of thiocarbonyl (C=S) groups is 1. The summed E-state index contributed by atoms with van der Waals surface area (Å²) < 4.78 is 11.1. The number of carbonyl (C=O) groups is 1. The Labute approximate surface area is 106 Å². The van der Waals surface area contributed by atoms with Crippen molar-refractivity contribution in [3.63, 3.8) is 0 Å². The fraction of sp³-hybridized carbons (Fsp3) is 0.800. The molecule has 0 aliphatic carbocycles. The molecule has 1 aliphatic heterocycles. The summed E-state index contributed by atoms with van der Waals surface area (Å²) in [5, 5.41) is 0. The molecule has 92 valence electrons. The molecule has 0 unspecified atom stereocenters. The quantitative estimate of drug-likeness (QED) is 0.569. The number of hydrogen-bond acceptors (Lipinski definition) is 5. The molecule has 1 saturated heterocycles. The van der Waals surface area contributed by atoms with Gasteiger partial charge < -0.3 is 14.4 Å². The molecule has 0 N–H and O–H groups in total. The van der Waals surface area contributed by atoms with Crippen LogP contribution in [0.2, 0.25) is 0 Å². The molecule has 0 radical (unpaired) electrons. The molecular formula is C10H17NO3S2. The number of ether oxygens (including phenoxy) is 2. The first kappa shape index (κ1) is 13.7. The molecule has 0 bridgehead atoms. The molecule has 1 fully saturated rings. The van der Waals surface area contributed by atoms with Gasteiger partial charge in [-0.2, -0.15) is 0 Å².